The van der Waals surface area contributed by atoms with Crippen molar-refractivity contribution < 1.29 is 22.4 Å². The van der Waals surface area contributed by atoms with Gasteiger partial charge in [0, 0.05) is 24.9 Å². The summed E-state index contributed by atoms with van der Waals surface area (Å²) in [4.78, 5) is 29.3. The number of carbonyl (C=O) groups is 2. The molecule has 9 heteroatoms. The molecule has 0 aromatic heterocycles. The normalized spacial score (nSPS) is 12.1. The number of hydrogen-bond donors (Lipinski definition) is 1. The highest BCUT2D eigenvalue weighted by molar-refractivity contribution is 7.92. The summed E-state index contributed by atoms with van der Waals surface area (Å²) < 4.78 is 41.1. The lowest BCUT2D eigenvalue weighted by Gasteiger charge is -2.33. The van der Waals surface area contributed by atoms with E-state index in [2.05, 4.69) is 5.32 Å². The Labute approximate surface area is 247 Å². The van der Waals surface area contributed by atoms with Crippen molar-refractivity contribution in [2.45, 2.75) is 38.8 Å². The lowest BCUT2D eigenvalue weighted by molar-refractivity contribution is -0.140. The van der Waals surface area contributed by atoms with Gasteiger partial charge in [0.15, 0.2) is 0 Å². The van der Waals surface area contributed by atoms with E-state index in [4.69, 9.17) is 0 Å². The van der Waals surface area contributed by atoms with Gasteiger partial charge in [-0.3, -0.25) is 13.9 Å². The summed E-state index contributed by atoms with van der Waals surface area (Å²) in [6.45, 7) is 1.95. The average molecular weight is 590 g/mol. The Kier molecular flexibility index (Phi) is 10.3. The van der Waals surface area contributed by atoms with Crippen LogP contribution in [0.3, 0.4) is 0 Å². The first-order valence-electron chi connectivity index (χ1n) is 14.0. The van der Waals surface area contributed by atoms with Crippen LogP contribution in [0.1, 0.15) is 30.9 Å². The van der Waals surface area contributed by atoms with Crippen LogP contribution in [-0.4, -0.2) is 50.5 Å². The van der Waals surface area contributed by atoms with Crippen molar-refractivity contribution in [2.24, 2.45) is 0 Å². The molecule has 0 spiro atoms. The molecule has 0 aliphatic heterocycles. The molecule has 2 amide bonds. The Balaban J connectivity index is 1.76. The van der Waals surface area contributed by atoms with Crippen LogP contribution in [0.4, 0.5) is 10.1 Å². The van der Waals surface area contributed by atoms with Crippen LogP contribution in [0, 0.1) is 5.82 Å². The van der Waals surface area contributed by atoms with E-state index in [1.807, 2.05) is 67.6 Å². The molecule has 1 N–H and O–H groups in total. The minimum Gasteiger partial charge on any atom is -0.354 e. The fourth-order valence-corrected chi connectivity index (χ4v) is 5.73. The van der Waals surface area contributed by atoms with E-state index in [1.165, 1.54) is 17.0 Å². The number of hydrogen-bond acceptors (Lipinski definition) is 4. The number of nitrogens with one attached hydrogen (secondary N) is 1. The zero-order valence-corrected chi connectivity index (χ0v) is 24.7. The summed E-state index contributed by atoms with van der Waals surface area (Å²) in [6.07, 6.45) is 2.94. The number of benzene rings is 4. The van der Waals surface area contributed by atoms with Crippen molar-refractivity contribution >= 4 is 38.3 Å². The first kappa shape index (κ1) is 30.7. The molecule has 0 heterocycles. The van der Waals surface area contributed by atoms with E-state index < -0.39 is 34.3 Å². The van der Waals surface area contributed by atoms with E-state index in [9.17, 15) is 22.4 Å². The van der Waals surface area contributed by atoms with Gasteiger partial charge >= 0.3 is 0 Å². The van der Waals surface area contributed by atoms with Crippen molar-refractivity contribution in [1.29, 1.82) is 0 Å². The molecule has 0 saturated carbocycles. The molecule has 1 unspecified atom stereocenters. The summed E-state index contributed by atoms with van der Waals surface area (Å²) >= 11 is 0. The molecular weight excluding hydrogens is 553 g/mol. The number of halogens is 1. The largest absolute Gasteiger partial charge is 0.354 e. The van der Waals surface area contributed by atoms with Gasteiger partial charge in [-0.1, -0.05) is 92.2 Å². The molecule has 0 aliphatic rings. The first-order chi connectivity index (χ1) is 20.2. The van der Waals surface area contributed by atoms with Gasteiger partial charge in [0.1, 0.15) is 18.4 Å². The fourth-order valence-electron chi connectivity index (χ4n) is 4.87. The van der Waals surface area contributed by atoms with Gasteiger partial charge in [0.05, 0.1) is 11.9 Å². The number of fused-ring (bicyclic) bond motifs is 1. The number of anilines is 1. The lowest BCUT2D eigenvalue weighted by Crippen LogP contribution is -2.53. The van der Waals surface area contributed by atoms with Crippen LogP contribution in [0.2, 0.25) is 0 Å². The second kappa shape index (κ2) is 14.1. The molecule has 0 aliphatic carbocycles. The smallest absolute Gasteiger partial charge is 0.244 e. The van der Waals surface area contributed by atoms with E-state index in [0.717, 1.165) is 34.4 Å². The number of carbonyl (C=O) groups excluding carboxylic acids is 2. The van der Waals surface area contributed by atoms with E-state index >= 15 is 0 Å². The third-order valence-corrected chi connectivity index (χ3v) is 8.21. The molecule has 0 saturated heterocycles. The van der Waals surface area contributed by atoms with Gasteiger partial charge in [0.2, 0.25) is 21.8 Å². The van der Waals surface area contributed by atoms with Crippen LogP contribution in [0.15, 0.2) is 97.1 Å². The molecule has 7 nitrogen and oxygen atoms in total. The maximum atomic E-state index is 14.2. The number of unbranched alkanes of at least 4 members (excludes halogenated alkanes) is 1. The maximum Gasteiger partial charge on any atom is 0.244 e. The van der Waals surface area contributed by atoms with Crippen molar-refractivity contribution in [3.05, 3.63) is 114 Å². The van der Waals surface area contributed by atoms with Gasteiger partial charge in [-0.15, -0.1) is 0 Å². The summed E-state index contributed by atoms with van der Waals surface area (Å²) in [5, 5.41) is 4.46. The first-order valence-corrected chi connectivity index (χ1v) is 15.8. The molecule has 1 atom stereocenters. The molecular formula is C33H36FN3O4S. The van der Waals surface area contributed by atoms with Gasteiger partial charge < -0.3 is 10.2 Å². The standard InChI is InChI=1S/C33H36FN3O4S/c1-3-4-21-35-33(39)31(22-25-11-6-5-7-12-25)36(23-26-17-19-28(34)20-18-26)32(38)24-37(42(2,40)41)30-16-10-14-27-13-8-9-15-29(27)30/h5-20,31H,3-4,21-24H2,1-2H3,(H,35,39). The van der Waals surface area contributed by atoms with Crippen LogP contribution < -0.4 is 9.62 Å². The van der Waals surface area contributed by atoms with Gasteiger partial charge in [-0.05, 0) is 41.1 Å². The molecule has 4 aromatic rings. The minimum atomic E-state index is -3.90. The van der Waals surface area contributed by atoms with E-state index in [-0.39, 0.29) is 18.9 Å². The van der Waals surface area contributed by atoms with Crippen molar-refractivity contribution in [1.82, 2.24) is 10.2 Å². The topological polar surface area (TPSA) is 86.8 Å². The minimum absolute atomic E-state index is 0.00898. The van der Waals surface area contributed by atoms with Crippen LogP contribution >= 0.6 is 0 Å². The highest BCUT2D eigenvalue weighted by Crippen LogP contribution is 2.29. The van der Waals surface area contributed by atoms with Crippen LogP contribution in [-0.2, 0) is 32.6 Å². The number of nitrogens with zero attached hydrogens (tertiary/aromatic N) is 2. The lowest BCUT2D eigenvalue weighted by atomic mass is 10.0. The summed E-state index contributed by atoms with van der Waals surface area (Å²) in [5.74, 6) is -1.31. The Morgan fingerprint density at radius 2 is 1.52 bits per heavy atom. The third kappa shape index (κ3) is 7.94. The number of sulfonamides is 1. The molecule has 4 aromatic carbocycles. The zero-order valence-electron chi connectivity index (χ0n) is 23.9. The SMILES string of the molecule is CCCCNC(=O)C(Cc1ccccc1)N(Cc1ccc(F)cc1)C(=O)CN(c1cccc2ccccc12)S(C)(=O)=O. The molecule has 42 heavy (non-hydrogen) atoms. The number of rotatable bonds is 13. The van der Waals surface area contributed by atoms with Crippen molar-refractivity contribution in [3.8, 4) is 0 Å². The maximum absolute atomic E-state index is 14.2. The second-order valence-electron chi connectivity index (χ2n) is 10.3. The van der Waals surface area contributed by atoms with Crippen LogP contribution in [0.5, 0.6) is 0 Å². The molecule has 0 fully saturated rings. The Morgan fingerprint density at radius 3 is 2.21 bits per heavy atom. The number of amides is 2. The second-order valence-corrected chi connectivity index (χ2v) is 12.2. The highest BCUT2D eigenvalue weighted by Gasteiger charge is 2.33. The molecule has 0 bridgehead atoms. The van der Waals surface area contributed by atoms with Gasteiger partial charge in [-0.25, -0.2) is 12.8 Å². The summed E-state index contributed by atoms with van der Waals surface area (Å²) in [7, 11) is -3.90. The van der Waals surface area contributed by atoms with E-state index in [1.54, 1.807) is 24.3 Å². The molecule has 4 rings (SSSR count). The summed E-state index contributed by atoms with van der Waals surface area (Å²) in [6, 6.07) is 26.8. The van der Waals surface area contributed by atoms with E-state index in [0.29, 0.717) is 23.2 Å². The average Bonchev–Trinajstić information content (AvgIpc) is 2.98. The van der Waals surface area contributed by atoms with Crippen LogP contribution in [0.25, 0.3) is 10.8 Å². The predicted molar refractivity (Wildman–Crippen MR) is 165 cm³/mol. The predicted octanol–water partition coefficient (Wildman–Crippen LogP) is 5.30. The third-order valence-electron chi connectivity index (χ3n) is 7.08. The monoisotopic (exact) mass is 589 g/mol. The quantitative estimate of drug-likeness (QED) is 0.215. The zero-order chi connectivity index (χ0) is 30.1. The fraction of sp³-hybridized carbons (Fsp3) is 0.273. The summed E-state index contributed by atoms with van der Waals surface area (Å²) in [5.41, 5.74) is 1.83. The Hall–Kier alpha value is -4.24. The highest BCUT2D eigenvalue weighted by atomic mass is 32.2. The van der Waals surface area contributed by atoms with Gasteiger partial charge in [-0.2, -0.15) is 0 Å². The van der Waals surface area contributed by atoms with Crippen molar-refractivity contribution in [2.75, 3.05) is 23.7 Å². The van der Waals surface area contributed by atoms with Crippen molar-refractivity contribution in [3.63, 3.8) is 0 Å². The van der Waals surface area contributed by atoms with Gasteiger partial charge in [0.25, 0.3) is 0 Å². The Bertz CT molecular complexity index is 1610. The molecule has 220 valence electrons. The molecule has 0 radical (unpaired) electrons. The Morgan fingerprint density at radius 1 is 0.857 bits per heavy atom.